The van der Waals surface area contributed by atoms with E-state index in [-0.39, 0.29) is 0 Å². The number of benzene rings is 1. The Morgan fingerprint density at radius 1 is 1.07 bits per heavy atom. The average molecular weight is 207 g/mol. The third-order valence-electron chi connectivity index (χ3n) is 2.37. The van der Waals surface area contributed by atoms with Crippen LogP contribution in [0.3, 0.4) is 0 Å². The smallest absolute Gasteiger partial charge is 0.0485 e. The molecule has 0 amide bonds. The molecule has 1 aliphatic heterocycles. The number of hydrogen-bond donors (Lipinski definition) is 1. The van der Waals surface area contributed by atoms with E-state index in [0.717, 1.165) is 26.1 Å². The Morgan fingerprint density at radius 3 is 2.27 bits per heavy atom. The molecule has 1 saturated heterocycles. The van der Waals surface area contributed by atoms with Crippen molar-refractivity contribution >= 4 is 5.69 Å². The first-order valence-electron chi connectivity index (χ1n) is 5.84. The molecule has 0 saturated carbocycles. The third-order valence-corrected chi connectivity index (χ3v) is 2.37. The summed E-state index contributed by atoms with van der Waals surface area (Å²) in [7, 11) is 0. The number of nitrogens with one attached hydrogen (secondary N) is 1. The summed E-state index contributed by atoms with van der Waals surface area (Å²) < 4.78 is 5.30. The van der Waals surface area contributed by atoms with Crippen molar-refractivity contribution < 1.29 is 4.74 Å². The van der Waals surface area contributed by atoms with Crippen molar-refractivity contribution in [3.8, 4) is 0 Å². The van der Waals surface area contributed by atoms with Gasteiger partial charge in [0.05, 0.1) is 0 Å². The highest BCUT2D eigenvalue weighted by Crippen LogP contribution is 2.13. The van der Waals surface area contributed by atoms with Gasteiger partial charge in [0.25, 0.3) is 0 Å². The minimum absolute atomic E-state index is 0.594. The second-order valence-corrected chi connectivity index (χ2v) is 3.40. The van der Waals surface area contributed by atoms with Crippen LogP contribution in [-0.4, -0.2) is 19.3 Å². The molecule has 2 rings (SSSR count). The molecule has 1 N–H and O–H groups in total. The molecule has 2 heteroatoms. The van der Waals surface area contributed by atoms with Crippen molar-refractivity contribution in [1.82, 2.24) is 0 Å². The molecule has 0 bridgehead atoms. The molecule has 0 aromatic heterocycles. The molecule has 1 aliphatic rings. The monoisotopic (exact) mass is 207 g/mol. The number of para-hydroxylation sites is 1. The Balaban J connectivity index is 0.000000531. The second-order valence-electron chi connectivity index (χ2n) is 3.40. The lowest BCUT2D eigenvalue weighted by atomic mass is 10.1. The van der Waals surface area contributed by atoms with Crippen LogP contribution in [0.5, 0.6) is 0 Å². The van der Waals surface area contributed by atoms with Crippen LogP contribution in [0, 0.1) is 0 Å². The minimum Gasteiger partial charge on any atom is -0.382 e. The zero-order chi connectivity index (χ0) is 10.9. The Labute approximate surface area is 92.6 Å². The van der Waals surface area contributed by atoms with Crippen molar-refractivity contribution in [1.29, 1.82) is 0 Å². The van der Waals surface area contributed by atoms with E-state index >= 15 is 0 Å². The van der Waals surface area contributed by atoms with Crippen LogP contribution >= 0.6 is 0 Å². The first kappa shape index (κ1) is 12.1. The van der Waals surface area contributed by atoms with Gasteiger partial charge in [-0.2, -0.15) is 0 Å². The fourth-order valence-corrected chi connectivity index (χ4v) is 1.61. The second kappa shape index (κ2) is 7.30. The Bertz CT molecular complexity index is 242. The van der Waals surface area contributed by atoms with Gasteiger partial charge in [0.2, 0.25) is 0 Å². The predicted molar refractivity (Wildman–Crippen MR) is 65.3 cm³/mol. The maximum absolute atomic E-state index is 5.30. The van der Waals surface area contributed by atoms with Gasteiger partial charge in [-0.3, -0.25) is 0 Å². The summed E-state index contributed by atoms with van der Waals surface area (Å²) in [5.41, 5.74) is 1.22. The first-order valence-corrected chi connectivity index (χ1v) is 5.84. The van der Waals surface area contributed by atoms with E-state index in [1.165, 1.54) is 5.69 Å². The number of anilines is 1. The Kier molecular flexibility index (Phi) is 5.86. The van der Waals surface area contributed by atoms with Gasteiger partial charge in [0, 0.05) is 24.9 Å². The van der Waals surface area contributed by atoms with Gasteiger partial charge < -0.3 is 10.1 Å². The van der Waals surface area contributed by atoms with Crippen molar-refractivity contribution in [2.24, 2.45) is 0 Å². The first-order chi connectivity index (χ1) is 7.45. The predicted octanol–water partition coefficient (Wildman–Crippen LogP) is 3.30. The quantitative estimate of drug-likeness (QED) is 0.803. The van der Waals surface area contributed by atoms with Gasteiger partial charge in [0.15, 0.2) is 0 Å². The van der Waals surface area contributed by atoms with Crippen LogP contribution in [0.2, 0.25) is 0 Å². The molecular formula is C13H21NO. The van der Waals surface area contributed by atoms with Gasteiger partial charge in [0.1, 0.15) is 0 Å². The molecule has 0 aliphatic carbocycles. The zero-order valence-electron chi connectivity index (χ0n) is 9.70. The van der Waals surface area contributed by atoms with Crippen molar-refractivity contribution in [2.75, 3.05) is 18.5 Å². The van der Waals surface area contributed by atoms with Crippen molar-refractivity contribution in [3.63, 3.8) is 0 Å². The van der Waals surface area contributed by atoms with Crippen molar-refractivity contribution in [2.45, 2.75) is 32.7 Å². The lowest BCUT2D eigenvalue weighted by molar-refractivity contribution is 0.0904. The molecular weight excluding hydrogens is 186 g/mol. The minimum atomic E-state index is 0.594. The fraction of sp³-hybridized carbons (Fsp3) is 0.538. The average Bonchev–Trinajstić information content (AvgIpc) is 2.34. The van der Waals surface area contributed by atoms with Crippen LogP contribution < -0.4 is 5.32 Å². The molecule has 1 aromatic rings. The molecule has 0 unspecified atom stereocenters. The topological polar surface area (TPSA) is 21.3 Å². The highest BCUT2D eigenvalue weighted by molar-refractivity contribution is 5.43. The summed E-state index contributed by atoms with van der Waals surface area (Å²) in [4.78, 5) is 0. The summed E-state index contributed by atoms with van der Waals surface area (Å²) in [5, 5.41) is 3.50. The molecule has 15 heavy (non-hydrogen) atoms. The van der Waals surface area contributed by atoms with Gasteiger partial charge in [-0.05, 0) is 25.0 Å². The van der Waals surface area contributed by atoms with E-state index in [1.807, 2.05) is 19.9 Å². The molecule has 1 aromatic carbocycles. The summed E-state index contributed by atoms with van der Waals surface area (Å²) >= 11 is 0. The maximum Gasteiger partial charge on any atom is 0.0485 e. The number of rotatable bonds is 2. The molecule has 2 nitrogen and oxygen atoms in total. The summed E-state index contributed by atoms with van der Waals surface area (Å²) in [6.45, 7) is 5.79. The fourth-order valence-electron chi connectivity index (χ4n) is 1.61. The van der Waals surface area contributed by atoms with Crippen LogP contribution in [0.4, 0.5) is 5.69 Å². The van der Waals surface area contributed by atoms with Gasteiger partial charge in [-0.25, -0.2) is 0 Å². The molecule has 84 valence electrons. The van der Waals surface area contributed by atoms with Crippen LogP contribution in [0.1, 0.15) is 26.7 Å². The maximum atomic E-state index is 5.30. The Hall–Kier alpha value is -1.02. The lowest BCUT2D eigenvalue weighted by Gasteiger charge is -2.24. The molecule has 1 fully saturated rings. The molecule has 0 radical (unpaired) electrons. The SMILES string of the molecule is CC.c1ccc(NC2CCOCC2)cc1. The summed E-state index contributed by atoms with van der Waals surface area (Å²) in [6, 6.07) is 11.0. The zero-order valence-corrected chi connectivity index (χ0v) is 9.70. The molecule has 0 spiro atoms. The summed E-state index contributed by atoms with van der Waals surface area (Å²) in [6.07, 6.45) is 2.24. The third kappa shape index (κ3) is 4.34. The van der Waals surface area contributed by atoms with E-state index in [2.05, 4.69) is 29.6 Å². The van der Waals surface area contributed by atoms with Crippen LogP contribution in [0.25, 0.3) is 0 Å². The van der Waals surface area contributed by atoms with Crippen molar-refractivity contribution in [3.05, 3.63) is 30.3 Å². The molecule has 1 heterocycles. The van der Waals surface area contributed by atoms with Gasteiger partial charge in [-0.1, -0.05) is 32.0 Å². The van der Waals surface area contributed by atoms with E-state index < -0.39 is 0 Å². The van der Waals surface area contributed by atoms with Crippen LogP contribution in [0.15, 0.2) is 30.3 Å². The highest BCUT2D eigenvalue weighted by atomic mass is 16.5. The standard InChI is InChI=1S/C11H15NO.C2H6/c1-2-4-10(5-3-1)12-11-6-8-13-9-7-11;1-2/h1-5,11-12H,6-9H2;1-2H3. The van der Waals surface area contributed by atoms with Crippen LogP contribution in [-0.2, 0) is 4.74 Å². The largest absolute Gasteiger partial charge is 0.382 e. The summed E-state index contributed by atoms with van der Waals surface area (Å²) in [5.74, 6) is 0. The van der Waals surface area contributed by atoms with E-state index in [4.69, 9.17) is 4.74 Å². The number of hydrogen-bond acceptors (Lipinski definition) is 2. The van der Waals surface area contributed by atoms with E-state index in [9.17, 15) is 0 Å². The van der Waals surface area contributed by atoms with Gasteiger partial charge in [-0.15, -0.1) is 0 Å². The Morgan fingerprint density at radius 2 is 1.67 bits per heavy atom. The van der Waals surface area contributed by atoms with E-state index in [0.29, 0.717) is 6.04 Å². The van der Waals surface area contributed by atoms with E-state index in [1.54, 1.807) is 0 Å². The normalized spacial score (nSPS) is 16.4. The lowest BCUT2D eigenvalue weighted by Crippen LogP contribution is -2.27. The van der Waals surface area contributed by atoms with Gasteiger partial charge >= 0.3 is 0 Å². The molecule has 0 atom stereocenters. The number of ether oxygens (including phenoxy) is 1. The highest BCUT2D eigenvalue weighted by Gasteiger charge is 2.12.